The van der Waals surface area contributed by atoms with Gasteiger partial charge in [0.25, 0.3) is 0 Å². The molecule has 19 heavy (non-hydrogen) atoms. The number of ether oxygens (including phenoxy) is 2. The Morgan fingerprint density at radius 1 is 1.16 bits per heavy atom. The lowest BCUT2D eigenvalue weighted by atomic mass is 10.1. The molecular weight excluding hydrogens is 242 g/mol. The number of aromatic nitrogens is 2. The predicted molar refractivity (Wildman–Crippen MR) is 74.5 cm³/mol. The van der Waals surface area contributed by atoms with Crippen molar-refractivity contribution in [3.63, 3.8) is 0 Å². The van der Waals surface area contributed by atoms with E-state index in [0.29, 0.717) is 6.54 Å². The van der Waals surface area contributed by atoms with Crippen molar-refractivity contribution in [1.82, 2.24) is 9.97 Å². The topological polar surface area (TPSA) is 73.2 Å². The van der Waals surface area contributed by atoms with E-state index in [1.165, 1.54) is 0 Å². The van der Waals surface area contributed by atoms with Crippen LogP contribution in [0.3, 0.4) is 0 Å². The molecule has 0 atom stereocenters. The summed E-state index contributed by atoms with van der Waals surface area (Å²) in [5.41, 5.74) is 9.36. The number of aromatic amines is 1. The summed E-state index contributed by atoms with van der Waals surface area (Å²) in [6, 6.07) is 3.88. The molecule has 0 unspecified atom stereocenters. The quantitative estimate of drug-likeness (QED) is 0.884. The second-order valence-electron chi connectivity index (χ2n) is 4.38. The van der Waals surface area contributed by atoms with Crippen LogP contribution in [0.4, 0.5) is 0 Å². The predicted octanol–water partition coefficient (Wildman–Crippen LogP) is 2.17. The Hall–Kier alpha value is -2.01. The first-order valence-corrected chi connectivity index (χ1v) is 6.09. The van der Waals surface area contributed by atoms with Gasteiger partial charge in [-0.05, 0) is 31.5 Å². The van der Waals surface area contributed by atoms with Crippen LogP contribution < -0.4 is 15.2 Å². The van der Waals surface area contributed by atoms with Gasteiger partial charge < -0.3 is 20.2 Å². The highest BCUT2D eigenvalue weighted by Crippen LogP contribution is 2.36. The van der Waals surface area contributed by atoms with Crippen LogP contribution in [0.25, 0.3) is 11.3 Å². The first kappa shape index (κ1) is 13.4. The van der Waals surface area contributed by atoms with Gasteiger partial charge in [0, 0.05) is 12.1 Å². The molecule has 2 aromatic rings. The van der Waals surface area contributed by atoms with E-state index in [0.717, 1.165) is 39.8 Å². The van der Waals surface area contributed by atoms with Gasteiger partial charge in [-0.2, -0.15) is 0 Å². The molecule has 102 valence electrons. The summed E-state index contributed by atoms with van der Waals surface area (Å²) in [4.78, 5) is 7.66. The molecular formula is C14H19N3O2. The monoisotopic (exact) mass is 261 g/mol. The first-order valence-electron chi connectivity index (χ1n) is 6.09. The van der Waals surface area contributed by atoms with E-state index in [2.05, 4.69) is 9.97 Å². The smallest absolute Gasteiger partial charge is 0.128 e. The molecule has 1 aromatic heterocycles. The molecule has 0 aliphatic rings. The van der Waals surface area contributed by atoms with Gasteiger partial charge in [-0.3, -0.25) is 0 Å². The Bertz CT molecular complexity index is 591. The molecule has 0 fully saturated rings. The maximum Gasteiger partial charge on any atom is 0.128 e. The average molecular weight is 261 g/mol. The largest absolute Gasteiger partial charge is 0.496 e. The Kier molecular flexibility index (Phi) is 3.76. The summed E-state index contributed by atoms with van der Waals surface area (Å²) in [7, 11) is 3.30. The number of imidazole rings is 1. The zero-order valence-corrected chi connectivity index (χ0v) is 11.7. The number of H-pyrrole nitrogens is 1. The van der Waals surface area contributed by atoms with Crippen molar-refractivity contribution < 1.29 is 9.47 Å². The van der Waals surface area contributed by atoms with Gasteiger partial charge in [-0.25, -0.2) is 4.98 Å². The summed E-state index contributed by atoms with van der Waals surface area (Å²) < 4.78 is 10.8. The van der Waals surface area contributed by atoms with Gasteiger partial charge in [0.2, 0.25) is 0 Å². The number of nitrogens with two attached hydrogens (primary N) is 1. The van der Waals surface area contributed by atoms with Gasteiger partial charge in [0.1, 0.15) is 17.3 Å². The van der Waals surface area contributed by atoms with E-state index in [1.807, 2.05) is 26.0 Å². The molecule has 5 nitrogen and oxygen atoms in total. The molecule has 0 aliphatic heterocycles. The van der Waals surface area contributed by atoms with Crippen LogP contribution in [0, 0.1) is 13.8 Å². The van der Waals surface area contributed by atoms with Crippen molar-refractivity contribution in [2.75, 3.05) is 14.2 Å². The van der Waals surface area contributed by atoms with Crippen molar-refractivity contribution in [3.05, 3.63) is 29.2 Å². The number of hydrogen-bond acceptors (Lipinski definition) is 4. The standard InChI is InChI=1S/C14H19N3O2/c1-8-5-13(19-4)10(6-12(8)18-3)14-11(7-15)16-9(2)17-14/h5-6H,7,15H2,1-4H3,(H,16,17). The van der Waals surface area contributed by atoms with E-state index in [4.69, 9.17) is 15.2 Å². The zero-order chi connectivity index (χ0) is 14.0. The van der Waals surface area contributed by atoms with E-state index < -0.39 is 0 Å². The van der Waals surface area contributed by atoms with Gasteiger partial charge in [-0.15, -0.1) is 0 Å². The molecule has 0 saturated carbocycles. The van der Waals surface area contributed by atoms with Crippen LogP contribution >= 0.6 is 0 Å². The van der Waals surface area contributed by atoms with Crippen molar-refractivity contribution in [2.24, 2.45) is 5.73 Å². The van der Waals surface area contributed by atoms with Crippen LogP contribution in [-0.2, 0) is 6.54 Å². The highest BCUT2D eigenvalue weighted by molar-refractivity contribution is 5.72. The maximum atomic E-state index is 5.75. The molecule has 0 spiro atoms. The minimum Gasteiger partial charge on any atom is -0.496 e. The lowest BCUT2D eigenvalue weighted by Gasteiger charge is -2.12. The summed E-state index contributed by atoms with van der Waals surface area (Å²) in [6.07, 6.45) is 0. The fourth-order valence-corrected chi connectivity index (χ4v) is 2.15. The van der Waals surface area contributed by atoms with Crippen LogP contribution in [-0.4, -0.2) is 24.2 Å². The summed E-state index contributed by atoms with van der Waals surface area (Å²) in [6.45, 7) is 4.28. The molecule has 2 rings (SSSR count). The van der Waals surface area contributed by atoms with E-state index in [9.17, 15) is 0 Å². The number of aryl methyl sites for hydroxylation is 2. The Labute approximate surface area is 112 Å². The lowest BCUT2D eigenvalue weighted by molar-refractivity contribution is 0.401. The third-order valence-electron chi connectivity index (χ3n) is 3.07. The number of rotatable bonds is 4. The molecule has 1 heterocycles. The average Bonchev–Trinajstić information content (AvgIpc) is 2.79. The molecule has 0 bridgehead atoms. The van der Waals surface area contributed by atoms with E-state index in [1.54, 1.807) is 14.2 Å². The van der Waals surface area contributed by atoms with Crippen LogP contribution in [0.5, 0.6) is 11.5 Å². The third-order valence-corrected chi connectivity index (χ3v) is 3.07. The Balaban J connectivity index is 2.65. The van der Waals surface area contributed by atoms with E-state index >= 15 is 0 Å². The zero-order valence-electron chi connectivity index (χ0n) is 11.7. The summed E-state index contributed by atoms with van der Waals surface area (Å²) in [5.74, 6) is 2.40. The first-order chi connectivity index (χ1) is 9.10. The molecule has 1 aromatic carbocycles. The number of hydrogen-bond donors (Lipinski definition) is 2. The van der Waals surface area contributed by atoms with Crippen LogP contribution in [0.2, 0.25) is 0 Å². The Morgan fingerprint density at radius 3 is 2.42 bits per heavy atom. The number of benzene rings is 1. The van der Waals surface area contributed by atoms with Gasteiger partial charge in [0.15, 0.2) is 0 Å². The number of nitrogens with zero attached hydrogens (tertiary/aromatic N) is 1. The third kappa shape index (κ3) is 2.42. The van der Waals surface area contributed by atoms with Gasteiger partial charge >= 0.3 is 0 Å². The van der Waals surface area contributed by atoms with Gasteiger partial charge in [0.05, 0.1) is 25.6 Å². The fourth-order valence-electron chi connectivity index (χ4n) is 2.15. The van der Waals surface area contributed by atoms with Crippen LogP contribution in [0.1, 0.15) is 17.1 Å². The SMILES string of the molecule is COc1cc(-c2nc(C)[nH]c2CN)c(OC)cc1C. The maximum absolute atomic E-state index is 5.75. The highest BCUT2D eigenvalue weighted by atomic mass is 16.5. The molecule has 5 heteroatoms. The lowest BCUT2D eigenvalue weighted by Crippen LogP contribution is -2.00. The molecule has 0 saturated heterocycles. The van der Waals surface area contributed by atoms with Crippen molar-refractivity contribution in [3.8, 4) is 22.8 Å². The Morgan fingerprint density at radius 2 is 1.84 bits per heavy atom. The molecule has 0 radical (unpaired) electrons. The highest BCUT2D eigenvalue weighted by Gasteiger charge is 2.16. The summed E-state index contributed by atoms with van der Waals surface area (Å²) >= 11 is 0. The second-order valence-corrected chi connectivity index (χ2v) is 4.38. The fraction of sp³-hybridized carbons (Fsp3) is 0.357. The van der Waals surface area contributed by atoms with Crippen LogP contribution in [0.15, 0.2) is 12.1 Å². The van der Waals surface area contributed by atoms with Crippen molar-refractivity contribution in [1.29, 1.82) is 0 Å². The van der Waals surface area contributed by atoms with Gasteiger partial charge in [-0.1, -0.05) is 0 Å². The molecule has 0 aliphatic carbocycles. The summed E-state index contributed by atoms with van der Waals surface area (Å²) in [5, 5.41) is 0. The number of nitrogens with one attached hydrogen (secondary N) is 1. The minimum atomic E-state index is 0.398. The van der Waals surface area contributed by atoms with Crippen molar-refractivity contribution in [2.45, 2.75) is 20.4 Å². The number of methoxy groups -OCH3 is 2. The van der Waals surface area contributed by atoms with Crippen molar-refractivity contribution >= 4 is 0 Å². The minimum absolute atomic E-state index is 0.398. The molecule has 3 N–H and O–H groups in total. The molecule has 0 amide bonds. The van der Waals surface area contributed by atoms with E-state index in [-0.39, 0.29) is 0 Å². The normalized spacial score (nSPS) is 10.6. The second kappa shape index (κ2) is 5.32.